The van der Waals surface area contributed by atoms with Crippen LogP contribution >= 0.6 is 35.0 Å². The van der Waals surface area contributed by atoms with Gasteiger partial charge in [-0.2, -0.15) is 0 Å². The molecule has 1 heterocycles. The molecule has 0 saturated carbocycles. The molecule has 0 aliphatic rings. The van der Waals surface area contributed by atoms with E-state index in [-0.39, 0.29) is 0 Å². The predicted octanol–water partition coefficient (Wildman–Crippen LogP) is 4.70. The number of rotatable bonds is 3. The lowest BCUT2D eigenvalue weighted by molar-refractivity contribution is 0.459. The number of pyridine rings is 1. The van der Waals surface area contributed by atoms with E-state index in [1.54, 1.807) is 30.3 Å². The molecule has 1 radical (unpaired) electrons. The summed E-state index contributed by atoms with van der Waals surface area (Å²) < 4.78 is 5.57. The fourth-order valence-corrected chi connectivity index (χ4v) is 1.89. The largest absolute Gasteiger partial charge is 0.437 e. The summed E-state index contributed by atoms with van der Waals surface area (Å²) in [5, 5.41) is 1.60. The molecule has 0 amide bonds. The third-order valence-corrected chi connectivity index (χ3v) is 3.37. The molecule has 1 aromatic heterocycles. The van der Waals surface area contributed by atoms with E-state index < -0.39 is 0 Å². The Hall–Kier alpha value is -0.900. The highest BCUT2D eigenvalue weighted by Gasteiger charge is 2.07. The molecule has 2 aromatic rings. The Kier molecular flexibility index (Phi) is 4.15. The number of ether oxygens (including phenoxy) is 1. The molecular formula is C12H8Cl2NOS. The monoisotopic (exact) mass is 284 g/mol. The molecule has 0 N–H and O–H groups in total. The summed E-state index contributed by atoms with van der Waals surface area (Å²) in [6.45, 7) is 0. The first-order valence-electron chi connectivity index (χ1n) is 4.75. The van der Waals surface area contributed by atoms with Crippen LogP contribution in [0, 0.1) is 6.07 Å². The highest BCUT2D eigenvalue weighted by molar-refractivity contribution is 7.98. The molecule has 17 heavy (non-hydrogen) atoms. The molecule has 0 aliphatic carbocycles. The number of aromatic nitrogens is 1. The first-order valence-corrected chi connectivity index (χ1v) is 6.73. The molecule has 87 valence electrons. The van der Waals surface area contributed by atoms with Gasteiger partial charge in [0.1, 0.15) is 15.8 Å². The van der Waals surface area contributed by atoms with Gasteiger partial charge < -0.3 is 4.74 Å². The van der Waals surface area contributed by atoms with Crippen molar-refractivity contribution in [2.24, 2.45) is 0 Å². The molecule has 0 bridgehead atoms. The summed E-state index contributed by atoms with van der Waals surface area (Å²) in [6, 6.07) is 11.7. The van der Waals surface area contributed by atoms with E-state index in [1.165, 1.54) is 11.8 Å². The maximum atomic E-state index is 6.02. The van der Waals surface area contributed by atoms with Crippen LogP contribution in [0.25, 0.3) is 0 Å². The van der Waals surface area contributed by atoms with Crippen molar-refractivity contribution < 1.29 is 4.74 Å². The predicted molar refractivity (Wildman–Crippen MR) is 71.4 cm³/mol. The van der Waals surface area contributed by atoms with Crippen molar-refractivity contribution >= 4 is 35.0 Å². The summed E-state index contributed by atoms with van der Waals surface area (Å²) >= 11 is 13.4. The number of benzene rings is 1. The van der Waals surface area contributed by atoms with Gasteiger partial charge in [-0.25, -0.2) is 4.98 Å². The second-order valence-corrected chi connectivity index (χ2v) is 4.67. The summed E-state index contributed by atoms with van der Waals surface area (Å²) in [5.41, 5.74) is 0. The second-order valence-electron chi connectivity index (χ2n) is 3.09. The van der Waals surface area contributed by atoms with E-state index in [9.17, 15) is 0 Å². The number of thioether (sulfide) groups is 1. The fourth-order valence-electron chi connectivity index (χ4n) is 1.19. The molecule has 2 nitrogen and oxygen atoms in total. The molecule has 5 heteroatoms. The zero-order valence-corrected chi connectivity index (χ0v) is 11.2. The molecule has 0 fully saturated rings. The first-order chi connectivity index (χ1) is 8.20. The Morgan fingerprint density at radius 1 is 1.29 bits per heavy atom. The van der Waals surface area contributed by atoms with E-state index in [0.717, 1.165) is 5.03 Å². The highest BCUT2D eigenvalue weighted by atomic mass is 35.5. The van der Waals surface area contributed by atoms with E-state index in [4.69, 9.17) is 27.9 Å². The van der Waals surface area contributed by atoms with Crippen molar-refractivity contribution in [2.45, 2.75) is 5.03 Å². The van der Waals surface area contributed by atoms with Gasteiger partial charge in [0.2, 0.25) is 5.88 Å². The Morgan fingerprint density at radius 2 is 2.12 bits per heavy atom. The molecule has 0 atom stereocenters. The van der Waals surface area contributed by atoms with Gasteiger partial charge in [0.25, 0.3) is 0 Å². The van der Waals surface area contributed by atoms with Gasteiger partial charge in [-0.15, -0.1) is 11.8 Å². The van der Waals surface area contributed by atoms with Gasteiger partial charge in [-0.05, 0) is 24.5 Å². The SMILES string of the molecule is CSc1[c]ccc(Oc2cccc(Cl)c2Cl)n1. The summed E-state index contributed by atoms with van der Waals surface area (Å²) in [6.07, 6.45) is 1.93. The van der Waals surface area contributed by atoms with Crippen LogP contribution in [0.1, 0.15) is 0 Å². The maximum absolute atomic E-state index is 6.02. The molecule has 0 spiro atoms. The minimum absolute atomic E-state index is 0.384. The van der Waals surface area contributed by atoms with Crippen molar-refractivity contribution in [1.29, 1.82) is 0 Å². The van der Waals surface area contributed by atoms with Crippen LogP contribution < -0.4 is 4.74 Å². The quantitative estimate of drug-likeness (QED) is 0.763. The van der Waals surface area contributed by atoms with Crippen LogP contribution in [0.5, 0.6) is 11.6 Å². The standard InChI is InChI=1S/C12H8Cl2NOS/c1-17-11-7-3-6-10(15-11)16-9-5-2-4-8(13)12(9)14/h2-6H,1H3. The van der Waals surface area contributed by atoms with Gasteiger partial charge in [0, 0.05) is 12.1 Å². The number of hydrogen-bond donors (Lipinski definition) is 0. The summed E-state index contributed by atoms with van der Waals surface area (Å²) in [4.78, 5) is 4.24. The summed E-state index contributed by atoms with van der Waals surface area (Å²) in [7, 11) is 0. The van der Waals surface area contributed by atoms with Crippen LogP contribution in [0.4, 0.5) is 0 Å². The van der Waals surface area contributed by atoms with Crippen LogP contribution in [0.2, 0.25) is 10.0 Å². The minimum Gasteiger partial charge on any atom is -0.437 e. The Bertz CT molecular complexity index is 534. The highest BCUT2D eigenvalue weighted by Crippen LogP contribution is 2.34. The van der Waals surface area contributed by atoms with E-state index >= 15 is 0 Å². The lowest BCUT2D eigenvalue weighted by Crippen LogP contribution is -1.90. The van der Waals surface area contributed by atoms with Gasteiger partial charge in [0.15, 0.2) is 0 Å². The summed E-state index contributed by atoms with van der Waals surface area (Å²) in [5.74, 6) is 0.960. The Labute approximate surface area is 114 Å². The van der Waals surface area contributed by atoms with Crippen molar-refractivity contribution in [3.8, 4) is 11.6 Å². The Balaban J connectivity index is 2.28. The van der Waals surface area contributed by atoms with Crippen molar-refractivity contribution in [2.75, 3.05) is 6.26 Å². The molecule has 2 rings (SSSR count). The number of halogens is 2. The van der Waals surface area contributed by atoms with Gasteiger partial charge >= 0.3 is 0 Å². The van der Waals surface area contributed by atoms with E-state index in [0.29, 0.717) is 21.7 Å². The molecule has 0 unspecified atom stereocenters. The normalized spacial score (nSPS) is 10.3. The third-order valence-electron chi connectivity index (χ3n) is 1.97. The third kappa shape index (κ3) is 3.06. The molecular weight excluding hydrogens is 277 g/mol. The van der Waals surface area contributed by atoms with Crippen molar-refractivity contribution in [1.82, 2.24) is 4.98 Å². The van der Waals surface area contributed by atoms with E-state index in [2.05, 4.69) is 11.1 Å². The molecule has 0 aliphatic heterocycles. The van der Waals surface area contributed by atoms with Gasteiger partial charge in [-0.3, -0.25) is 0 Å². The Morgan fingerprint density at radius 3 is 2.88 bits per heavy atom. The number of hydrogen-bond acceptors (Lipinski definition) is 3. The van der Waals surface area contributed by atoms with Crippen molar-refractivity contribution in [3.05, 3.63) is 46.4 Å². The zero-order valence-electron chi connectivity index (χ0n) is 8.91. The second kappa shape index (κ2) is 5.63. The van der Waals surface area contributed by atoms with Crippen LogP contribution in [0.15, 0.2) is 35.4 Å². The van der Waals surface area contributed by atoms with Crippen LogP contribution in [0.3, 0.4) is 0 Å². The van der Waals surface area contributed by atoms with E-state index in [1.807, 2.05) is 6.26 Å². The average molecular weight is 285 g/mol. The van der Waals surface area contributed by atoms with Gasteiger partial charge in [-0.1, -0.05) is 29.3 Å². The first kappa shape index (κ1) is 12.6. The van der Waals surface area contributed by atoms with Crippen LogP contribution in [-0.2, 0) is 0 Å². The molecule has 0 saturated heterocycles. The van der Waals surface area contributed by atoms with Crippen LogP contribution in [-0.4, -0.2) is 11.2 Å². The number of nitrogens with zero attached hydrogens (tertiary/aromatic N) is 1. The topological polar surface area (TPSA) is 22.1 Å². The minimum atomic E-state index is 0.384. The lowest BCUT2D eigenvalue weighted by atomic mass is 10.3. The average Bonchev–Trinajstić information content (AvgIpc) is 2.35. The smallest absolute Gasteiger partial charge is 0.220 e. The lowest BCUT2D eigenvalue weighted by Gasteiger charge is -2.07. The fraction of sp³-hybridized carbons (Fsp3) is 0.0833. The van der Waals surface area contributed by atoms with Crippen molar-refractivity contribution in [3.63, 3.8) is 0 Å². The maximum Gasteiger partial charge on any atom is 0.220 e. The molecule has 1 aromatic carbocycles. The zero-order chi connectivity index (χ0) is 12.3. The van der Waals surface area contributed by atoms with Gasteiger partial charge in [0.05, 0.1) is 5.02 Å².